The highest BCUT2D eigenvalue weighted by Crippen LogP contribution is 2.20. The summed E-state index contributed by atoms with van der Waals surface area (Å²) in [6.45, 7) is 5.27. The van der Waals surface area contributed by atoms with E-state index in [9.17, 15) is 13.2 Å². The SMILES string of the molecule is C=CC[NH+](CC(=O)Nc1cccc(S(C)(=O)=O)c1)Cc1ccc(Cl)s1. The van der Waals surface area contributed by atoms with Crippen LogP contribution >= 0.6 is 22.9 Å². The van der Waals surface area contributed by atoms with E-state index in [0.29, 0.717) is 18.8 Å². The zero-order chi connectivity index (χ0) is 18.4. The monoisotopic (exact) mass is 399 g/mol. The van der Waals surface area contributed by atoms with Crippen molar-refractivity contribution < 1.29 is 18.1 Å². The normalized spacial score (nSPS) is 12.6. The molecular weight excluding hydrogens is 380 g/mol. The number of hydrogen-bond donors (Lipinski definition) is 2. The number of quaternary nitrogens is 1. The van der Waals surface area contributed by atoms with Crippen molar-refractivity contribution in [3.63, 3.8) is 0 Å². The fourth-order valence-electron chi connectivity index (χ4n) is 2.34. The minimum Gasteiger partial charge on any atom is -0.321 e. The molecule has 2 N–H and O–H groups in total. The van der Waals surface area contributed by atoms with Crippen LogP contribution in [0, 0.1) is 0 Å². The molecule has 1 amide bonds. The molecular formula is C17H20ClN2O3S2+. The summed E-state index contributed by atoms with van der Waals surface area (Å²) < 4.78 is 23.9. The Morgan fingerprint density at radius 2 is 2.12 bits per heavy atom. The summed E-state index contributed by atoms with van der Waals surface area (Å²) >= 11 is 7.44. The highest BCUT2D eigenvalue weighted by molar-refractivity contribution is 7.90. The quantitative estimate of drug-likeness (QED) is 0.667. The van der Waals surface area contributed by atoms with Gasteiger partial charge in [-0.3, -0.25) is 4.79 Å². The van der Waals surface area contributed by atoms with E-state index in [-0.39, 0.29) is 17.3 Å². The van der Waals surface area contributed by atoms with E-state index >= 15 is 0 Å². The van der Waals surface area contributed by atoms with Gasteiger partial charge in [0.25, 0.3) is 5.91 Å². The molecule has 0 saturated carbocycles. The maximum absolute atomic E-state index is 12.3. The summed E-state index contributed by atoms with van der Waals surface area (Å²) in [6, 6.07) is 10.0. The van der Waals surface area contributed by atoms with Crippen molar-refractivity contribution in [2.45, 2.75) is 11.4 Å². The van der Waals surface area contributed by atoms with Gasteiger partial charge in [0, 0.05) is 11.9 Å². The van der Waals surface area contributed by atoms with Crippen molar-refractivity contribution in [2.24, 2.45) is 0 Å². The van der Waals surface area contributed by atoms with Crippen molar-refractivity contribution in [1.29, 1.82) is 0 Å². The Bertz CT molecular complexity index is 862. The number of carbonyl (C=O) groups excluding carboxylic acids is 1. The Balaban J connectivity index is 2.02. The Morgan fingerprint density at radius 3 is 2.72 bits per heavy atom. The molecule has 0 aliphatic carbocycles. The molecule has 2 aromatic rings. The predicted octanol–water partition coefficient (Wildman–Crippen LogP) is 2.01. The van der Waals surface area contributed by atoms with E-state index in [1.807, 2.05) is 12.1 Å². The summed E-state index contributed by atoms with van der Waals surface area (Å²) in [4.78, 5) is 14.6. The molecule has 1 unspecified atom stereocenters. The van der Waals surface area contributed by atoms with Crippen LogP contribution < -0.4 is 10.2 Å². The number of amides is 1. The number of hydrogen-bond acceptors (Lipinski definition) is 4. The van der Waals surface area contributed by atoms with Gasteiger partial charge in [-0.15, -0.1) is 11.3 Å². The molecule has 0 saturated heterocycles. The van der Waals surface area contributed by atoms with E-state index in [1.165, 1.54) is 23.5 Å². The van der Waals surface area contributed by atoms with Crippen LogP contribution in [0.1, 0.15) is 4.88 Å². The molecule has 25 heavy (non-hydrogen) atoms. The maximum Gasteiger partial charge on any atom is 0.279 e. The van der Waals surface area contributed by atoms with Gasteiger partial charge in [0.15, 0.2) is 16.4 Å². The van der Waals surface area contributed by atoms with Gasteiger partial charge in [0.2, 0.25) is 0 Å². The number of halogens is 1. The fraction of sp³-hybridized carbons (Fsp3) is 0.235. The number of sulfone groups is 1. The third kappa shape index (κ3) is 6.28. The van der Waals surface area contributed by atoms with Crippen molar-refractivity contribution in [3.05, 3.63) is 58.3 Å². The molecule has 0 spiro atoms. The molecule has 134 valence electrons. The second-order valence-corrected chi connectivity index (χ2v) is 9.47. The van der Waals surface area contributed by atoms with Crippen LogP contribution in [0.25, 0.3) is 0 Å². The molecule has 0 bridgehead atoms. The van der Waals surface area contributed by atoms with Crippen LogP contribution in [0.5, 0.6) is 0 Å². The highest BCUT2D eigenvalue weighted by atomic mass is 35.5. The number of anilines is 1. The Hall–Kier alpha value is -1.67. The average Bonchev–Trinajstić information content (AvgIpc) is 2.92. The molecule has 0 aliphatic heterocycles. The van der Waals surface area contributed by atoms with Crippen LogP contribution in [0.15, 0.2) is 53.9 Å². The van der Waals surface area contributed by atoms with Crippen LogP contribution in [-0.4, -0.2) is 33.7 Å². The van der Waals surface area contributed by atoms with Gasteiger partial charge in [-0.25, -0.2) is 8.42 Å². The van der Waals surface area contributed by atoms with Gasteiger partial charge in [0.05, 0.1) is 20.7 Å². The van der Waals surface area contributed by atoms with Gasteiger partial charge in [-0.05, 0) is 36.4 Å². The molecule has 1 atom stereocenters. The predicted molar refractivity (Wildman–Crippen MR) is 102 cm³/mol. The number of benzene rings is 1. The fourth-order valence-corrected chi connectivity index (χ4v) is 4.17. The zero-order valence-electron chi connectivity index (χ0n) is 13.8. The van der Waals surface area contributed by atoms with Gasteiger partial charge in [-0.2, -0.15) is 0 Å². The lowest BCUT2D eigenvalue weighted by Gasteiger charge is -2.17. The third-order valence-electron chi connectivity index (χ3n) is 3.44. The molecule has 1 aromatic heterocycles. The van der Waals surface area contributed by atoms with E-state index in [4.69, 9.17) is 11.6 Å². The van der Waals surface area contributed by atoms with Crippen LogP contribution in [0.3, 0.4) is 0 Å². The first-order valence-corrected chi connectivity index (χ1v) is 10.6. The summed E-state index contributed by atoms with van der Waals surface area (Å²) in [5.74, 6) is -0.190. The summed E-state index contributed by atoms with van der Waals surface area (Å²) in [6.07, 6.45) is 2.90. The zero-order valence-corrected chi connectivity index (χ0v) is 16.2. The minimum absolute atomic E-state index is 0.175. The molecule has 8 heteroatoms. The lowest BCUT2D eigenvalue weighted by Crippen LogP contribution is -3.11. The molecule has 0 radical (unpaired) electrons. The second kappa shape index (κ2) is 8.62. The largest absolute Gasteiger partial charge is 0.321 e. The van der Waals surface area contributed by atoms with Crippen LogP contribution in [0.2, 0.25) is 4.34 Å². The summed E-state index contributed by atoms with van der Waals surface area (Å²) in [7, 11) is -3.31. The van der Waals surface area contributed by atoms with Gasteiger partial charge in [-0.1, -0.05) is 24.2 Å². The first kappa shape index (κ1) is 19.7. The van der Waals surface area contributed by atoms with Crippen molar-refractivity contribution >= 4 is 44.4 Å². The molecule has 0 fully saturated rings. The first-order valence-electron chi connectivity index (χ1n) is 7.56. The molecule has 0 aliphatic rings. The van der Waals surface area contributed by atoms with Crippen molar-refractivity contribution in [2.75, 3.05) is 24.7 Å². The van der Waals surface area contributed by atoms with Gasteiger partial charge >= 0.3 is 0 Å². The average molecular weight is 400 g/mol. The Labute approximate surface area is 156 Å². The standard InChI is InChI=1S/C17H19ClN2O3S2/c1-3-9-20(11-14-7-8-16(18)24-14)12-17(21)19-13-5-4-6-15(10-13)25(2,22)23/h3-8,10H,1,9,11-12H2,2H3,(H,19,21)/p+1. The smallest absolute Gasteiger partial charge is 0.279 e. The highest BCUT2D eigenvalue weighted by Gasteiger charge is 2.16. The number of rotatable bonds is 8. The van der Waals surface area contributed by atoms with Gasteiger partial charge < -0.3 is 10.2 Å². The Kier molecular flexibility index (Phi) is 6.78. The molecule has 2 rings (SSSR count). The van der Waals surface area contributed by atoms with E-state index in [1.54, 1.807) is 18.2 Å². The van der Waals surface area contributed by atoms with Crippen molar-refractivity contribution in [1.82, 2.24) is 0 Å². The molecule has 1 heterocycles. The lowest BCUT2D eigenvalue weighted by molar-refractivity contribution is -0.899. The first-order chi connectivity index (χ1) is 11.8. The number of thiophene rings is 1. The van der Waals surface area contributed by atoms with Crippen LogP contribution in [0.4, 0.5) is 5.69 Å². The minimum atomic E-state index is -3.31. The lowest BCUT2D eigenvalue weighted by atomic mass is 10.3. The van der Waals surface area contributed by atoms with E-state index in [2.05, 4.69) is 11.9 Å². The number of nitrogens with one attached hydrogen (secondary N) is 2. The maximum atomic E-state index is 12.3. The summed E-state index contributed by atoms with van der Waals surface area (Å²) in [5, 5.41) is 2.75. The van der Waals surface area contributed by atoms with Gasteiger partial charge in [0.1, 0.15) is 6.54 Å². The topological polar surface area (TPSA) is 67.7 Å². The van der Waals surface area contributed by atoms with E-state index < -0.39 is 9.84 Å². The third-order valence-corrected chi connectivity index (χ3v) is 5.78. The van der Waals surface area contributed by atoms with Crippen molar-refractivity contribution in [3.8, 4) is 0 Å². The number of carbonyl (C=O) groups is 1. The second-order valence-electron chi connectivity index (χ2n) is 5.65. The molecule has 1 aromatic carbocycles. The molecule has 5 nitrogen and oxygen atoms in total. The Morgan fingerprint density at radius 1 is 1.36 bits per heavy atom. The van der Waals surface area contributed by atoms with Crippen LogP contribution in [-0.2, 0) is 21.2 Å². The van der Waals surface area contributed by atoms with E-state index in [0.717, 1.165) is 20.4 Å². The summed E-state index contributed by atoms with van der Waals surface area (Å²) in [5.41, 5.74) is 0.463.